The highest BCUT2D eigenvalue weighted by molar-refractivity contribution is 5.88. The molecule has 2 unspecified atom stereocenters. The number of hydrogen-bond donors (Lipinski definition) is 3. The number of nitrogens with one attached hydrogen (secondary N) is 1. The van der Waals surface area contributed by atoms with Crippen molar-refractivity contribution in [3.8, 4) is 11.1 Å². The largest absolute Gasteiger partial charge is 0.392 e. The van der Waals surface area contributed by atoms with Crippen molar-refractivity contribution >= 4 is 11.0 Å². The molecule has 5 aromatic rings. The molecule has 4 aromatic heterocycles. The van der Waals surface area contributed by atoms with E-state index in [1.54, 1.807) is 36.7 Å². The van der Waals surface area contributed by atoms with Crippen LogP contribution in [-0.2, 0) is 5.60 Å². The molecule has 170 valence electrons. The first-order valence-corrected chi connectivity index (χ1v) is 11.2. The van der Waals surface area contributed by atoms with E-state index in [9.17, 15) is 10.2 Å². The number of aliphatic hydroxyl groups excluding tert-OH is 1. The zero-order chi connectivity index (χ0) is 23.4. The molecule has 0 spiro atoms. The van der Waals surface area contributed by atoms with Gasteiger partial charge in [0.2, 0.25) is 0 Å². The number of fused-ring (bicyclic) bond motifs is 1. The first kappa shape index (κ1) is 20.7. The molecule has 1 saturated carbocycles. The molecule has 0 radical (unpaired) electrons. The van der Waals surface area contributed by atoms with Crippen LogP contribution in [0.3, 0.4) is 0 Å². The van der Waals surface area contributed by atoms with E-state index in [2.05, 4.69) is 20.1 Å². The van der Waals surface area contributed by atoms with Crippen LogP contribution in [0.25, 0.3) is 22.2 Å². The van der Waals surface area contributed by atoms with Gasteiger partial charge in [-0.15, -0.1) is 0 Å². The van der Waals surface area contributed by atoms with Gasteiger partial charge in [-0.25, -0.2) is 4.98 Å². The summed E-state index contributed by atoms with van der Waals surface area (Å²) in [6.45, 7) is 3.75. The molecular weight excluding hydrogens is 430 g/mol. The van der Waals surface area contributed by atoms with E-state index in [1.165, 1.54) is 0 Å². The molecule has 3 N–H and O–H groups in total. The molecule has 4 heterocycles. The van der Waals surface area contributed by atoms with Crippen LogP contribution >= 0.6 is 0 Å². The molecule has 2 atom stereocenters. The van der Waals surface area contributed by atoms with E-state index >= 15 is 0 Å². The Labute approximate surface area is 195 Å². The standard InChI is InChI=1S/C26H23N5O3/c1-14-23(15(2)34-31-14)16-11-18(24-19(12-16)29-25(30-24)17-13-20(17)32)26(33,21-7-3-5-9-27-21)22-8-4-6-10-28-22/h3-12,17,20,32-33H,13H2,1-2H3,(H,29,30). The monoisotopic (exact) mass is 453 g/mol. The van der Waals surface area contributed by atoms with Gasteiger partial charge in [0.15, 0.2) is 5.60 Å². The SMILES string of the molecule is Cc1noc(C)c1-c1cc(C(O)(c2ccccn2)c2ccccn2)c2nc(C3CC3O)[nH]c2c1. The van der Waals surface area contributed by atoms with Crippen molar-refractivity contribution in [2.75, 3.05) is 0 Å². The van der Waals surface area contributed by atoms with Crippen LogP contribution in [0, 0.1) is 13.8 Å². The molecule has 0 bridgehead atoms. The van der Waals surface area contributed by atoms with Crippen molar-refractivity contribution in [1.82, 2.24) is 25.1 Å². The molecule has 0 aliphatic heterocycles. The molecule has 1 aromatic carbocycles. The highest BCUT2D eigenvalue weighted by Crippen LogP contribution is 2.44. The van der Waals surface area contributed by atoms with Crippen molar-refractivity contribution in [2.24, 2.45) is 0 Å². The first-order chi connectivity index (χ1) is 16.5. The number of nitrogens with zero attached hydrogens (tertiary/aromatic N) is 4. The average Bonchev–Trinajstić information content (AvgIpc) is 3.28. The summed E-state index contributed by atoms with van der Waals surface area (Å²) in [5, 5.41) is 26.6. The predicted molar refractivity (Wildman–Crippen MR) is 125 cm³/mol. The van der Waals surface area contributed by atoms with Crippen molar-refractivity contribution in [3.63, 3.8) is 0 Å². The van der Waals surface area contributed by atoms with Gasteiger partial charge in [-0.2, -0.15) is 0 Å². The number of aromatic nitrogens is 5. The van der Waals surface area contributed by atoms with Gasteiger partial charge >= 0.3 is 0 Å². The Balaban J connectivity index is 1.69. The highest BCUT2D eigenvalue weighted by atomic mass is 16.5. The second-order valence-electron chi connectivity index (χ2n) is 8.79. The van der Waals surface area contributed by atoms with Gasteiger partial charge in [-0.05, 0) is 62.2 Å². The van der Waals surface area contributed by atoms with Crippen molar-refractivity contribution in [1.29, 1.82) is 0 Å². The predicted octanol–water partition coefficient (Wildman–Crippen LogP) is 3.76. The minimum absolute atomic E-state index is 0.0412. The summed E-state index contributed by atoms with van der Waals surface area (Å²) < 4.78 is 5.43. The molecule has 6 rings (SSSR count). The minimum Gasteiger partial charge on any atom is -0.392 e. The van der Waals surface area contributed by atoms with E-state index in [4.69, 9.17) is 9.51 Å². The Bertz CT molecular complexity index is 1430. The van der Waals surface area contributed by atoms with Crippen LogP contribution in [0.4, 0.5) is 0 Å². The van der Waals surface area contributed by atoms with Gasteiger partial charge in [0.1, 0.15) is 11.6 Å². The van der Waals surface area contributed by atoms with Crippen molar-refractivity contribution < 1.29 is 14.7 Å². The average molecular weight is 454 g/mol. The normalized spacial score (nSPS) is 17.9. The Morgan fingerprint density at radius 1 is 1.03 bits per heavy atom. The number of aromatic amines is 1. The van der Waals surface area contributed by atoms with Gasteiger partial charge in [0.05, 0.1) is 34.2 Å². The Morgan fingerprint density at radius 3 is 2.24 bits per heavy atom. The van der Waals surface area contributed by atoms with Crippen molar-refractivity contribution in [3.05, 3.63) is 95.2 Å². The molecule has 8 heteroatoms. The van der Waals surface area contributed by atoms with E-state index in [0.29, 0.717) is 40.5 Å². The first-order valence-electron chi connectivity index (χ1n) is 11.2. The molecular formula is C26H23N5O3. The van der Waals surface area contributed by atoms with Crippen molar-refractivity contribution in [2.45, 2.75) is 37.9 Å². The number of benzene rings is 1. The summed E-state index contributed by atoms with van der Waals surface area (Å²) in [5.41, 5.74) is 3.50. The Kier molecular flexibility index (Phi) is 4.62. The molecule has 0 amide bonds. The summed E-state index contributed by atoms with van der Waals surface area (Å²) in [6.07, 6.45) is 3.55. The number of aryl methyl sites for hydroxylation is 2. The number of pyridine rings is 2. The summed E-state index contributed by atoms with van der Waals surface area (Å²) in [5.74, 6) is 1.34. The lowest BCUT2D eigenvalue weighted by atomic mass is 9.83. The third-order valence-electron chi connectivity index (χ3n) is 6.50. The maximum absolute atomic E-state index is 12.4. The summed E-state index contributed by atoms with van der Waals surface area (Å²) in [4.78, 5) is 17.2. The second kappa shape index (κ2) is 7.58. The Hall–Kier alpha value is -3.88. The van der Waals surface area contributed by atoms with Crippen LogP contribution in [-0.4, -0.2) is 41.4 Å². The van der Waals surface area contributed by atoms with E-state index < -0.39 is 11.7 Å². The molecule has 8 nitrogen and oxygen atoms in total. The van der Waals surface area contributed by atoms with Gasteiger partial charge < -0.3 is 19.7 Å². The number of imidazole rings is 1. The molecule has 0 saturated heterocycles. The summed E-state index contributed by atoms with van der Waals surface area (Å²) in [7, 11) is 0. The molecule has 34 heavy (non-hydrogen) atoms. The third kappa shape index (κ3) is 3.14. The zero-order valence-corrected chi connectivity index (χ0v) is 18.7. The van der Waals surface area contributed by atoms with Crippen LogP contribution in [0.5, 0.6) is 0 Å². The molecule has 1 aliphatic carbocycles. The maximum Gasteiger partial charge on any atom is 0.176 e. The highest BCUT2D eigenvalue weighted by Gasteiger charge is 2.42. The number of aliphatic hydroxyl groups is 2. The fourth-order valence-corrected chi connectivity index (χ4v) is 4.66. The lowest BCUT2D eigenvalue weighted by molar-refractivity contribution is 0.117. The van der Waals surface area contributed by atoms with Crippen LogP contribution in [0.2, 0.25) is 0 Å². The lowest BCUT2D eigenvalue weighted by Gasteiger charge is -2.28. The van der Waals surface area contributed by atoms with Gasteiger partial charge in [0.25, 0.3) is 0 Å². The smallest absolute Gasteiger partial charge is 0.176 e. The van der Waals surface area contributed by atoms with Crippen LogP contribution < -0.4 is 0 Å². The fraction of sp³-hybridized carbons (Fsp3) is 0.231. The summed E-state index contributed by atoms with van der Waals surface area (Å²) in [6, 6.07) is 14.7. The minimum atomic E-state index is -1.68. The lowest BCUT2D eigenvalue weighted by Crippen LogP contribution is -2.31. The number of hydrogen-bond acceptors (Lipinski definition) is 7. The molecule has 1 fully saturated rings. The molecule has 1 aliphatic rings. The van der Waals surface area contributed by atoms with Gasteiger partial charge in [-0.3, -0.25) is 9.97 Å². The van der Waals surface area contributed by atoms with E-state index in [0.717, 1.165) is 22.3 Å². The van der Waals surface area contributed by atoms with Gasteiger partial charge in [-0.1, -0.05) is 17.3 Å². The van der Waals surface area contributed by atoms with Gasteiger partial charge in [0, 0.05) is 29.4 Å². The Morgan fingerprint density at radius 2 is 1.71 bits per heavy atom. The topological polar surface area (TPSA) is 121 Å². The van der Waals surface area contributed by atoms with Crippen LogP contribution in [0.15, 0.2) is 65.4 Å². The summed E-state index contributed by atoms with van der Waals surface area (Å²) >= 11 is 0. The third-order valence-corrected chi connectivity index (χ3v) is 6.50. The quantitative estimate of drug-likeness (QED) is 0.370. The second-order valence-corrected chi connectivity index (χ2v) is 8.79. The number of rotatable bonds is 5. The zero-order valence-electron chi connectivity index (χ0n) is 18.7. The number of H-pyrrole nitrogens is 1. The van der Waals surface area contributed by atoms with Crippen LogP contribution in [0.1, 0.15) is 46.6 Å². The van der Waals surface area contributed by atoms with E-state index in [-0.39, 0.29) is 5.92 Å². The maximum atomic E-state index is 12.4. The van der Waals surface area contributed by atoms with E-state index in [1.807, 2.05) is 38.1 Å². The fourth-order valence-electron chi connectivity index (χ4n) is 4.66.